The van der Waals surface area contributed by atoms with Gasteiger partial charge in [0, 0.05) is 17.8 Å². The third-order valence-corrected chi connectivity index (χ3v) is 5.92. The molecule has 170 valence electrons. The number of hydrogen-bond donors (Lipinski definition) is 1. The van der Waals surface area contributed by atoms with E-state index in [-0.39, 0.29) is 11.7 Å². The first-order valence-corrected chi connectivity index (χ1v) is 10.8. The summed E-state index contributed by atoms with van der Waals surface area (Å²) in [7, 11) is 0. The Bertz CT molecular complexity index is 1040. The Labute approximate surface area is 183 Å². The largest absolute Gasteiger partial charge is 0.406 e. The molecule has 1 N–H and O–H groups in total. The lowest BCUT2D eigenvalue weighted by Gasteiger charge is -2.28. The number of halogens is 4. The van der Waals surface area contributed by atoms with Crippen LogP contribution in [0.3, 0.4) is 0 Å². The molecule has 3 aromatic rings. The van der Waals surface area contributed by atoms with Crippen LogP contribution in [0, 0.1) is 11.7 Å². The molecule has 5 nitrogen and oxygen atoms in total. The van der Waals surface area contributed by atoms with Gasteiger partial charge >= 0.3 is 6.18 Å². The first-order valence-electron chi connectivity index (χ1n) is 10.8. The van der Waals surface area contributed by atoms with Crippen molar-refractivity contribution in [3.05, 3.63) is 48.7 Å². The number of nitrogens with zero attached hydrogens (tertiary/aromatic N) is 4. The zero-order valence-corrected chi connectivity index (χ0v) is 17.7. The van der Waals surface area contributed by atoms with Gasteiger partial charge < -0.3 is 9.88 Å². The Kier molecular flexibility index (Phi) is 6.43. The molecule has 1 aliphatic rings. The molecule has 9 heteroatoms. The molecule has 1 aromatic carbocycles. The van der Waals surface area contributed by atoms with Gasteiger partial charge in [0.15, 0.2) is 0 Å². The van der Waals surface area contributed by atoms with Crippen molar-refractivity contribution in [3.63, 3.8) is 0 Å². The Hall–Kier alpha value is -2.97. The zero-order valence-electron chi connectivity index (χ0n) is 17.7. The Morgan fingerprint density at radius 3 is 2.47 bits per heavy atom. The van der Waals surface area contributed by atoms with Gasteiger partial charge in [0.1, 0.15) is 12.4 Å². The molecule has 4 rings (SSSR count). The molecule has 1 fully saturated rings. The summed E-state index contributed by atoms with van der Waals surface area (Å²) in [5, 5.41) is 3.32. The van der Waals surface area contributed by atoms with E-state index in [1.165, 1.54) is 49.7 Å². The van der Waals surface area contributed by atoms with Gasteiger partial charge in [-0.3, -0.25) is 0 Å². The Morgan fingerprint density at radius 2 is 1.78 bits per heavy atom. The van der Waals surface area contributed by atoms with Crippen molar-refractivity contribution in [2.24, 2.45) is 5.92 Å². The summed E-state index contributed by atoms with van der Waals surface area (Å²) >= 11 is 0. The highest BCUT2D eigenvalue weighted by atomic mass is 19.4. The molecular formula is C23H25F4N5. The van der Waals surface area contributed by atoms with E-state index in [0.29, 0.717) is 28.8 Å². The fourth-order valence-corrected chi connectivity index (χ4v) is 4.30. The predicted octanol–water partition coefficient (Wildman–Crippen LogP) is 6.09. The number of imidazole rings is 1. The second kappa shape index (κ2) is 9.26. The van der Waals surface area contributed by atoms with Gasteiger partial charge in [-0.05, 0) is 56.0 Å². The summed E-state index contributed by atoms with van der Waals surface area (Å²) in [4.78, 5) is 13.0. The molecule has 0 unspecified atom stereocenters. The molecular weight excluding hydrogens is 422 g/mol. The van der Waals surface area contributed by atoms with E-state index >= 15 is 0 Å². The number of nitrogens with one attached hydrogen (secondary N) is 1. The minimum atomic E-state index is -4.43. The second-order valence-electron chi connectivity index (χ2n) is 8.29. The zero-order chi connectivity index (χ0) is 22.7. The third-order valence-electron chi connectivity index (χ3n) is 5.92. The van der Waals surface area contributed by atoms with Crippen LogP contribution in [0.15, 0.2) is 42.9 Å². The van der Waals surface area contributed by atoms with E-state index in [2.05, 4.69) is 27.2 Å². The molecule has 2 heterocycles. The smallest absolute Gasteiger partial charge is 0.351 e. The van der Waals surface area contributed by atoms with E-state index < -0.39 is 18.5 Å². The summed E-state index contributed by atoms with van der Waals surface area (Å²) < 4.78 is 54.0. The molecule has 0 aliphatic heterocycles. The van der Waals surface area contributed by atoms with E-state index in [1.54, 1.807) is 6.07 Å². The van der Waals surface area contributed by atoms with Gasteiger partial charge in [-0.15, -0.1) is 0 Å². The van der Waals surface area contributed by atoms with Crippen LogP contribution < -0.4 is 5.32 Å². The van der Waals surface area contributed by atoms with Crippen molar-refractivity contribution in [1.29, 1.82) is 0 Å². The molecule has 1 saturated carbocycles. The van der Waals surface area contributed by atoms with Crippen molar-refractivity contribution < 1.29 is 17.6 Å². The number of aromatic nitrogens is 4. The Morgan fingerprint density at radius 1 is 1.06 bits per heavy atom. The number of benzene rings is 1. The predicted molar refractivity (Wildman–Crippen MR) is 114 cm³/mol. The number of anilines is 1. The highest BCUT2D eigenvalue weighted by molar-refractivity contribution is 5.77. The monoisotopic (exact) mass is 447 g/mol. The molecule has 32 heavy (non-hydrogen) atoms. The van der Waals surface area contributed by atoms with Crippen LogP contribution >= 0.6 is 0 Å². The minimum absolute atomic E-state index is 0.155. The maximum Gasteiger partial charge on any atom is 0.406 e. The van der Waals surface area contributed by atoms with Crippen molar-refractivity contribution in [2.75, 3.05) is 5.32 Å². The summed E-state index contributed by atoms with van der Waals surface area (Å²) in [5.41, 5.74) is 1.34. The molecule has 1 aliphatic carbocycles. The van der Waals surface area contributed by atoms with Crippen molar-refractivity contribution in [1.82, 2.24) is 19.5 Å². The lowest BCUT2D eigenvalue weighted by Crippen LogP contribution is -2.28. The molecule has 1 atom stereocenters. The molecule has 0 radical (unpaired) electrons. The fourth-order valence-electron chi connectivity index (χ4n) is 4.30. The Balaban J connectivity index is 1.69. The lowest BCUT2D eigenvalue weighted by molar-refractivity contribution is -0.140. The summed E-state index contributed by atoms with van der Waals surface area (Å²) in [6.07, 6.45) is 4.18. The van der Waals surface area contributed by atoms with Crippen molar-refractivity contribution in [3.8, 4) is 22.6 Å². The van der Waals surface area contributed by atoms with Gasteiger partial charge in [0.25, 0.3) is 0 Å². The molecule has 0 bridgehead atoms. The van der Waals surface area contributed by atoms with E-state index in [4.69, 9.17) is 0 Å². The first kappa shape index (κ1) is 22.2. The fraction of sp³-hybridized carbons (Fsp3) is 0.435. The lowest BCUT2D eigenvalue weighted by atomic mass is 9.85. The van der Waals surface area contributed by atoms with Crippen LogP contribution in [0.5, 0.6) is 0 Å². The van der Waals surface area contributed by atoms with E-state index in [1.807, 2.05) is 0 Å². The quantitative estimate of drug-likeness (QED) is 0.465. The SMILES string of the molecule is C[C@H](Nc1nccc(-c2c(-c3ccc(F)cc3)ncn2CC(F)(F)F)n1)C1CCCCC1. The average Bonchev–Trinajstić information content (AvgIpc) is 3.17. The summed E-state index contributed by atoms with van der Waals surface area (Å²) in [6, 6.07) is 7.20. The second-order valence-corrected chi connectivity index (χ2v) is 8.29. The van der Waals surface area contributed by atoms with Crippen LogP contribution in [0.25, 0.3) is 22.6 Å². The van der Waals surface area contributed by atoms with Crippen LogP contribution in [-0.4, -0.2) is 31.7 Å². The molecule has 0 amide bonds. The average molecular weight is 447 g/mol. The summed E-state index contributed by atoms with van der Waals surface area (Å²) in [5.74, 6) is 0.446. The van der Waals surface area contributed by atoms with E-state index in [9.17, 15) is 17.6 Å². The van der Waals surface area contributed by atoms with Gasteiger partial charge in [-0.25, -0.2) is 19.3 Å². The maximum absolute atomic E-state index is 13.4. The maximum atomic E-state index is 13.4. The summed E-state index contributed by atoms with van der Waals surface area (Å²) in [6.45, 7) is 0.881. The van der Waals surface area contributed by atoms with Crippen molar-refractivity contribution >= 4 is 5.95 Å². The highest BCUT2D eigenvalue weighted by Gasteiger charge is 2.31. The molecule has 0 saturated heterocycles. The standard InChI is InChI=1S/C23H25F4N5/c1-15(16-5-3-2-4-6-16)30-22-28-12-11-19(31-22)21-20(17-7-9-18(24)10-8-17)29-14-32(21)13-23(25,26)27/h7-12,14-16H,2-6,13H2,1H3,(H,28,30,31)/t15-/m0/s1. The van der Waals surface area contributed by atoms with Gasteiger partial charge in [-0.1, -0.05) is 19.3 Å². The van der Waals surface area contributed by atoms with E-state index in [0.717, 1.165) is 23.7 Å². The van der Waals surface area contributed by atoms with Gasteiger partial charge in [-0.2, -0.15) is 13.2 Å². The number of alkyl halides is 3. The normalized spacial score (nSPS) is 16.2. The highest BCUT2D eigenvalue weighted by Crippen LogP contribution is 2.33. The van der Waals surface area contributed by atoms with Crippen LogP contribution in [0.4, 0.5) is 23.5 Å². The van der Waals surface area contributed by atoms with Crippen LogP contribution in [0.1, 0.15) is 39.0 Å². The first-order chi connectivity index (χ1) is 15.3. The van der Waals surface area contributed by atoms with Gasteiger partial charge in [0.05, 0.1) is 23.4 Å². The van der Waals surface area contributed by atoms with Crippen LogP contribution in [0.2, 0.25) is 0 Å². The molecule has 0 spiro atoms. The van der Waals surface area contributed by atoms with Gasteiger partial charge in [0.2, 0.25) is 5.95 Å². The topological polar surface area (TPSA) is 55.6 Å². The van der Waals surface area contributed by atoms with Crippen molar-refractivity contribution in [2.45, 2.75) is 57.8 Å². The number of rotatable bonds is 6. The molecule has 2 aromatic heterocycles. The third kappa shape index (κ3) is 5.26. The number of hydrogen-bond acceptors (Lipinski definition) is 4. The minimum Gasteiger partial charge on any atom is -0.351 e. The van der Waals surface area contributed by atoms with Crippen LogP contribution in [-0.2, 0) is 6.54 Å².